The summed E-state index contributed by atoms with van der Waals surface area (Å²) in [4.78, 5) is 11.6. The van der Waals surface area contributed by atoms with Crippen LogP contribution in [0.3, 0.4) is 0 Å². The van der Waals surface area contributed by atoms with Crippen molar-refractivity contribution in [1.29, 1.82) is 0 Å². The van der Waals surface area contributed by atoms with E-state index >= 15 is 0 Å². The maximum Gasteiger partial charge on any atom is 0.309 e. The van der Waals surface area contributed by atoms with E-state index in [1.807, 2.05) is 18.2 Å². The van der Waals surface area contributed by atoms with E-state index in [1.165, 1.54) is 34.6 Å². The molecule has 4 aromatic rings. The standard InChI is InChI=1S/C31H31NO3/c1-21(26-12-7-9-23-8-3-4-10-27(23)26)32-20-25-19-29(28-11-5-6-13-30(28)35-25)24-16-14-22(15-17-24)18-31(33)34-2/h3-17,21,25,29,32H,18-20H2,1-2H3/t21-,25?,29?/m1/s1. The molecule has 178 valence electrons. The molecule has 4 aromatic carbocycles. The van der Waals surface area contributed by atoms with Crippen LogP contribution in [-0.4, -0.2) is 25.7 Å². The van der Waals surface area contributed by atoms with Gasteiger partial charge in [-0.1, -0.05) is 84.9 Å². The number of methoxy groups -OCH3 is 1. The van der Waals surface area contributed by atoms with Crippen molar-refractivity contribution in [2.75, 3.05) is 13.7 Å². The second kappa shape index (κ2) is 10.3. The third-order valence-electron chi connectivity index (χ3n) is 6.99. The summed E-state index contributed by atoms with van der Waals surface area (Å²) in [5.41, 5.74) is 4.72. The molecule has 1 N–H and O–H groups in total. The largest absolute Gasteiger partial charge is 0.489 e. The molecule has 0 amide bonds. The molecule has 0 spiro atoms. The highest BCUT2D eigenvalue weighted by Crippen LogP contribution is 2.40. The number of hydrogen-bond acceptors (Lipinski definition) is 4. The summed E-state index contributed by atoms with van der Waals surface area (Å²) in [6, 6.07) is 31.9. The van der Waals surface area contributed by atoms with Crippen LogP contribution in [0.25, 0.3) is 10.8 Å². The van der Waals surface area contributed by atoms with Crippen LogP contribution >= 0.6 is 0 Å². The number of hydrogen-bond donors (Lipinski definition) is 1. The zero-order chi connectivity index (χ0) is 24.2. The number of esters is 1. The van der Waals surface area contributed by atoms with Crippen LogP contribution in [0, 0.1) is 0 Å². The fourth-order valence-corrected chi connectivity index (χ4v) is 5.09. The van der Waals surface area contributed by atoms with Crippen LogP contribution in [0.5, 0.6) is 5.75 Å². The van der Waals surface area contributed by atoms with E-state index in [0.29, 0.717) is 6.42 Å². The van der Waals surface area contributed by atoms with Gasteiger partial charge in [0.1, 0.15) is 11.9 Å². The van der Waals surface area contributed by atoms with Crippen LogP contribution in [-0.2, 0) is 16.0 Å². The number of nitrogens with one attached hydrogen (secondary N) is 1. The van der Waals surface area contributed by atoms with Gasteiger partial charge in [0, 0.05) is 24.1 Å². The zero-order valence-electron chi connectivity index (χ0n) is 20.2. The first-order valence-corrected chi connectivity index (χ1v) is 12.2. The van der Waals surface area contributed by atoms with Gasteiger partial charge in [0.2, 0.25) is 0 Å². The van der Waals surface area contributed by atoms with Crippen LogP contribution in [0.4, 0.5) is 0 Å². The average molecular weight is 466 g/mol. The minimum Gasteiger partial charge on any atom is -0.489 e. The Morgan fingerprint density at radius 3 is 2.54 bits per heavy atom. The number of carbonyl (C=O) groups is 1. The van der Waals surface area contributed by atoms with Gasteiger partial charge in [-0.05, 0) is 46.9 Å². The summed E-state index contributed by atoms with van der Waals surface area (Å²) in [5, 5.41) is 6.27. The molecule has 35 heavy (non-hydrogen) atoms. The first-order valence-electron chi connectivity index (χ1n) is 12.2. The zero-order valence-corrected chi connectivity index (χ0v) is 20.2. The molecular formula is C31H31NO3. The van der Waals surface area contributed by atoms with Crippen molar-refractivity contribution >= 4 is 16.7 Å². The van der Waals surface area contributed by atoms with Gasteiger partial charge in [-0.15, -0.1) is 0 Å². The Hall–Kier alpha value is -3.63. The Balaban J connectivity index is 1.32. The highest BCUT2D eigenvalue weighted by molar-refractivity contribution is 5.86. The number of rotatable bonds is 7. The normalized spacial score (nSPS) is 17.9. The summed E-state index contributed by atoms with van der Waals surface area (Å²) < 4.78 is 11.2. The van der Waals surface area contributed by atoms with Crippen molar-refractivity contribution in [3.8, 4) is 5.75 Å². The van der Waals surface area contributed by atoms with Crippen LogP contribution in [0.15, 0.2) is 91.0 Å². The lowest BCUT2D eigenvalue weighted by atomic mass is 9.83. The monoisotopic (exact) mass is 465 g/mol. The summed E-state index contributed by atoms with van der Waals surface area (Å²) in [6.07, 6.45) is 1.24. The number of carbonyl (C=O) groups excluding carboxylic acids is 1. The molecule has 0 aromatic heterocycles. The third kappa shape index (κ3) is 5.08. The number of para-hydroxylation sites is 1. The molecular weight excluding hydrogens is 434 g/mol. The van der Waals surface area contributed by atoms with Gasteiger partial charge in [-0.3, -0.25) is 4.79 Å². The molecule has 0 fully saturated rings. The highest BCUT2D eigenvalue weighted by Gasteiger charge is 2.29. The molecule has 5 rings (SSSR count). The van der Waals surface area contributed by atoms with Gasteiger partial charge < -0.3 is 14.8 Å². The van der Waals surface area contributed by atoms with Crippen LogP contribution in [0.2, 0.25) is 0 Å². The summed E-state index contributed by atoms with van der Waals surface area (Å²) in [6.45, 7) is 2.98. The van der Waals surface area contributed by atoms with E-state index in [0.717, 1.165) is 24.3 Å². The first kappa shape index (κ1) is 23.1. The topological polar surface area (TPSA) is 47.6 Å². The second-order valence-corrected chi connectivity index (χ2v) is 9.26. The van der Waals surface area contributed by atoms with Crippen LogP contribution < -0.4 is 10.1 Å². The maximum absolute atomic E-state index is 11.6. The predicted molar refractivity (Wildman–Crippen MR) is 140 cm³/mol. The van der Waals surface area contributed by atoms with E-state index in [2.05, 4.69) is 85.0 Å². The molecule has 0 bridgehead atoms. The average Bonchev–Trinajstić information content (AvgIpc) is 2.91. The van der Waals surface area contributed by atoms with Crippen molar-refractivity contribution in [1.82, 2.24) is 5.32 Å². The molecule has 0 saturated carbocycles. The van der Waals surface area contributed by atoms with Crippen molar-refractivity contribution in [2.24, 2.45) is 0 Å². The molecule has 1 aliphatic heterocycles. The molecule has 1 aliphatic rings. The summed E-state index contributed by atoms with van der Waals surface area (Å²) in [7, 11) is 1.42. The van der Waals surface area contributed by atoms with E-state index < -0.39 is 0 Å². The van der Waals surface area contributed by atoms with Gasteiger partial charge in [0.05, 0.1) is 13.5 Å². The fraction of sp³-hybridized carbons (Fsp3) is 0.258. The van der Waals surface area contributed by atoms with Gasteiger partial charge >= 0.3 is 5.97 Å². The lowest BCUT2D eigenvalue weighted by Crippen LogP contribution is -2.37. The first-order chi connectivity index (χ1) is 17.1. The van der Waals surface area contributed by atoms with Crippen molar-refractivity contribution < 1.29 is 14.3 Å². The number of ether oxygens (including phenoxy) is 2. The highest BCUT2D eigenvalue weighted by atomic mass is 16.5. The molecule has 0 saturated heterocycles. The molecule has 0 aliphatic carbocycles. The lowest BCUT2D eigenvalue weighted by Gasteiger charge is -2.33. The maximum atomic E-state index is 11.6. The van der Waals surface area contributed by atoms with E-state index in [4.69, 9.17) is 9.47 Å². The SMILES string of the molecule is COC(=O)Cc1ccc(C2CC(CN[C@H](C)c3cccc4ccccc34)Oc3ccccc32)cc1. The molecule has 1 heterocycles. The quantitative estimate of drug-likeness (QED) is 0.331. The molecule has 4 nitrogen and oxygen atoms in total. The van der Waals surface area contributed by atoms with Gasteiger partial charge in [0.25, 0.3) is 0 Å². The van der Waals surface area contributed by atoms with Crippen molar-refractivity contribution in [2.45, 2.75) is 37.8 Å². The Morgan fingerprint density at radius 2 is 1.71 bits per heavy atom. The lowest BCUT2D eigenvalue weighted by molar-refractivity contribution is -0.139. The van der Waals surface area contributed by atoms with Crippen LogP contribution in [0.1, 0.15) is 47.6 Å². The predicted octanol–water partition coefficient (Wildman–Crippen LogP) is 6.19. The number of fused-ring (bicyclic) bond motifs is 2. The van der Waals surface area contributed by atoms with E-state index in [-0.39, 0.29) is 24.0 Å². The fourth-order valence-electron chi connectivity index (χ4n) is 5.09. The summed E-state index contributed by atoms with van der Waals surface area (Å²) in [5.74, 6) is 0.972. The molecule has 0 radical (unpaired) electrons. The Bertz CT molecular complexity index is 1310. The van der Waals surface area contributed by atoms with Crippen molar-refractivity contribution in [3.63, 3.8) is 0 Å². The van der Waals surface area contributed by atoms with Gasteiger partial charge in [-0.2, -0.15) is 0 Å². The summed E-state index contributed by atoms with van der Waals surface area (Å²) >= 11 is 0. The molecule has 3 atom stereocenters. The van der Waals surface area contributed by atoms with Crippen molar-refractivity contribution in [3.05, 3.63) is 113 Å². The Labute approximate surface area is 206 Å². The second-order valence-electron chi connectivity index (χ2n) is 9.26. The van der Waals surface area contributed by atoms with E-state index in [9.17, 15) is 4.79 Å². The van der Waals surface area contributed by atoms with Gasteiger partial charge in [0.15, 0.2) is 0 Å². The minimum absolute atomic E-state index is 0.0575. The Kier molecular flexibility index (Phi) is 6.82. The third-order valence-corrected chi connectivity index (χ3v) is 6.99. The minimum atomic E-state index is -0.222. The smallest absolute Gasteiger partial charge is 0.309 e. The van der Waals surface area contributed by atoms with E-state index in [1.54, 1.807) is 0 Å². The Morgan fingerprint density at radius 1 is 0.971 bits per heavy atom. The molecule has 4 heteroatoms. The molecule has 2 unspecified atom stereocenters. The number of benzene rings is 4. The van der Waals surface area contributed by atoms with Gasteiger partial charge in [-0.25, -0.2) is 0 Å².